The van der Waals surface area contributed by atoms with E-state index in [2.05, 4.69) is 46.0 Å². The largest absolute Gasteiger partial charge is 0.490 e. The normalized spacial score (nSPS) is 19.0. The van der Waals surface area contributed by atoms with E-state index in [4.69, 9.17) is 4.74 Å². The second-order valence-electron chi connectivity index (χ2n) is 8.57. The molecule has 0 unspecified atom stereocenters. The van der Waals surface area contributed by atoms with E-state index in [-0.39, 0.29) is 0 Å². The van der Waals surface area contributed by atoms with Gasteiger partial charge >= 0.3 is 0 Å². The van der Waals surface area contributed by atoms with Crippen LogP contribution in [0.5, 0.6) is 5.75 Å². The predicted octanol–water partition coefficient (Wildman–Crippen LogP) is 3.86. The molecule has 160 valence electrons. The van der Waals surface area contributed by atoms with Crippen LogP contribution in [0.2, 0.25) is 0 Å². The van der Waals surface area contributed by atoms with E-state index in [1.54, 1.807) is 12.4 Å². The third-order valence-corrected chi connectivity index (χ3v) is 6.63. The summed E-state index contributed by atoms with van der Waals surface area (Å²) in [4.78, 5) is 21.4. The second-order valence-corrected chi connectivity index (χ2v) is 8.57. The number of aryl methyl sites for hydroxylation is 2. The van der Waals surface area contributed by atoms with Gasteiger partial charge in [-0.05, 0) is 62.3 Å². The molecule has 0 N–H and O–H groups in total. The number of amides is 1. The SMILES string of the molecule is Cc1ccccc1CCC(=O)N1CCC(N2CCC(Oc3ccncc3)CC2)CC1. The van der Waals surface area contributed by atoms with E-state index in [0.717, 1.165) is 64.0 Å². The summed E-state index contributed by atoms with van der Waals surface area (Å²) >= 11 is 0. The molecule has 1 amide bonds. The molecule has 0 bridgehead atoms. The van der Waals surface area contributed by atoms with Crippen LogP contribution in [0.4, 0.5) is 0 Å². The van der Waals surface area contributed by atoms with Crippen LogP contribution in [0.1, 0.15) is 43.2 Å². The van der Waals surface area contributed by atoms with Gasteiger partial charge in [-0.15, -0.1) is 0 Å². The lowest BCUT2D eigenvalue weighted by molar-refractivity contribution is -0.132. The number of carbonyl (C=O) groups is 1. The van der Waals surface area contributed by atoms with Crippen LogP contribution in [-0.2, 0) is 11.2 Å². The van der Waals surface area contributed by atoms with Crippen molar-refractivity contribution in [2.75, 3.05) is 26.2 Å². The van der Waals surface area contributed by atoms with Crippen molar-refractivity contribution in [3.05, 3.63) is 59.9 Å². The van der Waals surface area contributed by atoms with Crippen LogP contribution in [0.15, 0.2) is 48.8 Å². The first-order valence-electron chi connectivity index (χ1n) is 11.3. The van der Waals surface area contributed by atoms with Gasteiger partial charge in [0.2, 0.25) is 5.91 Å². The number of benzene rings is 1. The molecule has 0 radical (unpaired) electrons. The fraction of sp³-hybridized carbons (Fsp3) is 0.520. The molecule has 1 aromatic heterocycles. The van der Waals surface area contributed by atoms with E-state index in [1.165, 1.54) is 11.1 Å². The van der Waals surface area contributed by atoms with Gasteiger partial charge in [0.15, 0.2) is 0 Å². The standard InChI is InChI=1S/C25H33N3O2/c1-20-4-2-3-5-21(20)6-7-25(29)28-16-10-22(11-17-28)27-18-12-24(13-19-27)30-23-8-14-26-15-9-23/h2-5,8-9,14-15,22,24H,6-7,10-13,16-19H2,1H3. The number of piperidine rings is 2. The first kappa shape index (κ1) is 20.9. The highest BCUT2D eigenvalue weighted by Gasteiger charge is 2.30. The van der Waals surface area contributed by atoms with Crippen molar-refractivity contribution in [3.8, 4) is 5.75 Å². The average Bonchev–Trinajstić information content (AvgIpc) is 2.80. The Morgan fingerprint density at radius 3 is 2.40 bits per heavy atom. The molecule has 2 saturated heterocycles. The number of rotatable bonds is 6. The van der Waals surface area contributed by atoms with Gasteiger partial charge in [0, 0.05) is 51.0 Å². The maximum Gasteiger partial charge on any atom is 0.222 e. The van der Waals surface area contributed by atoms with Gasteiger partial charge < -0.3 is 9.64 Å². The summed E-state index contributed by atoms with van der Waals surface area (Å²) in [5.74, 6) is 1.22. The zero-order valence-corrected chi connectivity index (χ0v) is 18.0. The van der Waals surface area contributed by atoms with Crippen LogP contribution in [0.3, 0.4) is 0 Å². The maximum absolute atomic E-state index is 12.7. The Morgan fingerprint density at radius 2 is 1.70 bits per heavy atom. The smallest absolute Gasteiger partial charge is 0.222 e. The maximum atomic E-state index is 12.7. The van der Waals surface area contributed by atoms with Gasteiger partial charge in [-0.2, -0.15) is 0 Å². The van der Waals surface area contributed by atoms with Gasteiger partial charge in [0.25, 0.3) is 0 Å². The number of nitrogens with zero attached hydrogens (tertiary/aromatic N) is 3. The molecule has 1 aromatic carbocycles. The summed E-state index contributed by atoms with van der Waals surface area (Å²) in [5, 5.41) is 0. The third kappa shape index (κ3) is 5.39. The first-order chi connectivity index (χ1) is 14.7. The Hall–Kier alpha value is -2.40. The highest BCUT2D eigenvalue weighted by molar-refractivity contribution is 5.76. The molecule has 30 heavy (non-hydrogen) atoms. The number of aromatic nitrogens is 1. The fourth-order valence-corrected chi connectivity index (χ4v) is 4.74. The molecule has 5 heteroatoms. The Balaban J connectivity index is 1.18. The van der Waals surface area contributed by atoms with Crippen LogP contribution in [0, 0.1) is 6.92 Å². The molecular formula is C25H33N3O2. The minimum Gasteiger partial charge on any atom is -0.490 e. The first-order valence-corrected chi connectivity index (χ1v) is 11.3. The van der Waals surface area contributed by atoms with E-state index in [1.807, 2.05) is 12.1 Å². The summed E-state index contributed by atoms with van der Waals surface area (Å²) in [5.41, 5.74) is 2.57. The van der Waals surface area contributed by atoms with Crippen molar-refractivity contribution < 1.29 is 9.53 Å². The number of hydrogen-bond acceptors (Lipinski definition) is 4. The van der Waals surface area contributed by atoms with Crippen LogP contribution < -0.4 is 4.74 Å². The van der Waals surface area contributed by atoms with Gasteiger partial charge in [-0.25, -0.2) is 0 Å². The predicted molar refractivity (Wildman–Crippen MR) is 119 cm³/mol. The Bertz CT molecular complexity index is 810. The van der Waals surface area contributed by atoms with Gasteiger partial charge in [0.05, 0.1) is 0 Å². The summed E-state index contributed by atoms with van der Waals surface area (Å²) in [7, 11) is 0. The lowest BCUT2D eigenvalue weighted by atomic mass is 9.98. The van der Waals surface area contributed by atoms with E-state index in [9.17, 15) is 4.79 Å². The van der Waals surface area contributed by atoms with E-state index >= 15 is 0 Å². The fourth-order valence-electron chi connectivity index (χ4n) is 4.74. The zero-order valence-electron chi connectivity index (χ0n) is 18.0. The number of carbonyl (C=O) groups excluding carboxylic acids is 1. The lowest BCUT2D eigenvalue weighted by Gasteiger charge is -2.41. The molecule has 2 fully saturated rings. The van der Waals surface area contributed by atoms with Crippen LogP contribution in [0.25, 0.3) is 0 Å². The van der Waals surface area contributed by atoms with E-state index < -0.39 is 0 Å². The van der Waals surface area contributed by atoms with Crippen LogP contribution in [-0.4, -0.2) is 59.0 Å². The van der Waals surface area contributed by atoms with Gasteiger partial charge in [-0.1, -0.05) is 24.3 Å². The van der Waals surface area contributed by atoms with Crippen molar-refractivity contribution in [3.63, 3.8) is 0 Å². The molecule has 0 saturated carbocycles. The van der Waals surface area contributed by atoms with Crippen molar-refractivity contribution >= 4 is 5.91 Å². The van der Waals surface area contributed by atoms with E-state index in [0.29, 0.717) is 24.5 Å². The number of hydrogen-bond donors (Lipinski definition) is 0. The van der Waals surface area contributed by atoms with Crippen molar-refractivity contribution in [1.82, 2.24) is 14.8 Å². The Kier molecular flexibility index (Phi) is 7.00. The van der Waals surface area contributed by atoms with Gasteiger partial charge in [0.1, 0.15) is 11.9 Å². The molecule has 0 aliphatic carbocycles. The summed E-state index contributed by atoms with van der Waals surface area (Å²) in [6.07, 6.45) is 9.63. The van der Waals surface area contributed by atoms with Crippen molar-refractivity contribution in [2.45, 2.75) is 57.6 Å². The molecule has 3 heterocycles. The molecular weight excluding hydrogens is 374 g/mol. The molecule has 2 aliphatic rings. The molecule has 2 aromatic rings. The average molecular weight is 408 g/mol. The minimum atomic E-state index is 0.298. The van der Waals surface area contributed by atoms with Crippen LogP contribution >= 0.6 is 0 Å². The number of likely N-dealkylation sites (tertiary alicyclic amines) is 2. The number of ether oxygens (including phenoxy) is 1. The Morgan fingerprint density at radius 1 is 1.00 bits per heavy atom. The lowest BCUT2D eigenvalue weighted by Crippen LogP contribution is -2.50. The molecule has 4 rings (SSSR count). The summed E-state index contributed by atoms with van der Waals surface area (Å²) < 4.78 is 6.09. The van der Waals surface area contributed by atoms with Gasteiger partial charge in [-0.3, -0.25) is 14.7 Å². The Labute approximate surface area is 180 Å². The number of pyridine rings is 1. The molecule has 0 spiro atoms. The van der Waals surface area contributed by atoms with Crippen molar-refractivity contribution in [1.29, 1.82) is 0 Å². The molecule has 2 aliphatic heterocycles. The quantitative estimate of drug-likeness (QED) is 0.730. The highest BCUT2D eigenvalue weighted by atomic mass is 16.5. The molecule has 5 nitrogen and oxygen atoms in total. The highest BCUT2D eigenvalue weighted by Crippen LogP contribution is 2.24. The second kappa shape index (κ2) is 10.1. The summed E-state index contributed by atoms with van der Waals surface area (Å²) in [6, 6.07) is 12.8. The topological polar surface area (TPSA) is 45.7 Å². The monoisotopic (exact) mass is 407 g/mol. The zero-order chi connectivity index (χ0) is 20.8. The third-order valence-electron chi connectivity index (χ3n) is 6.63. The molecule has 0 atom stereocenters. The summed E-state index contributed by atoms with van der Waals surface area (Å²) in [6.45, 7) is 6.08. The minimum absolute atomic E-state index is 0.298. The van der Waals surface area contributed by atoms with Crippen molar-refractivity contribution in [2.24, 2.45) is 0 Å².